The van der Waals surface area contributed by atoms with Crippen LogP contribution in [0.4, 0.5) is 29.1 Å². The minimum atomic E-state index is -4.96. The molecule has 2 aliphatic rings. The van der Waals surface area contributed by atoms with Crippen molar-refractivity contribution in [3.63, 3.8) is 0 Å². The highest BCUT2D eigenvalue weighted by molar-refractivity contribution is 6.57. The molecule has 5 rings (SSSR count). The maximum atomic E-state index is 13.1. The Morgan fingerprint density at radius 2 is 1.56 bits per heavy atom. The summed E-state index contributed by atoms with van der Waals surface area (Å²) in [5.74, 6) is -0.00812. The van der Waals surface area contributed by atoms with Gasteiger partial charge < -0.3 is 33.2 Å². The maximum Gasteiger partial charge on any atom is 0.482 e. The third-order valence-corrected chi connectivity index (χ3v) is 7.18. The van der Waals surface area contributed by atoms with Gasteiger partial charge in [0.15, 0.2) is 0 Å². The van der Waals surface area contributed by atoms with E-state index in [4.69, 9.17) is 10.5 Å². The number of benzene rings is 3. The summed E-state index contributed by atoms with van der Waals surface area (Å²) < 4.78 is 45.0. The van der Waals surface area contributed by atoms with Gasteiger partial charge in [0.1, 0.15) is 6.61 Å². The fourth-order valence-corrected chi connectivity index (χ4v) is 5.39. The van der Waals surface area contributed by atoms with Crippen molar-refractivity contribution in [1.29, 1.82) is 0 Å². The topological polar surface area (TPSA) is 58.8 Å². The summed E-state index contributed by atoms with van der Waals surface area (Å²) in [5.41, 5.74) is 12.4. The van der Waals surface area contributed by atoms with Gasteiger partial charge in [0.25, 0.3) is 0 Å². The molecule has 0 unspecified atom stereocenters. The average molecular weight is 494 g/mol. The lowest BCUT2D eigenvalue weighted by molar-refractivity contribution is 0.0976. The predicted molar refractivity (Wildman–Crippen MR) is 137 cm³/mol. The lowest BCUT2D eigenvalue weighted by Crippen LogP contribution is -2.49. The largest absolute Gasteiger partial charge is 0.482 e. The molecule has 3 aromatic rings. The summed E-state index contributed by atoms with van der Waals surface area (Å²) in [6.45, 7) is -1.19. The molecule has 0 bridgehead atoms. The van der Waals surface area contributed by atoms with E-state index in [0.717, 1.165) is 11.1 Å². The van der Waals surface area contributed by atoms with Crippen LogP contribution in [0.2, 0.25) is 0 Å². The molecule has 1 aliphatic heterocycles. The second kappa shape index (κ2) is 9.45. The van der Waals surface area contributed by atoms with E-state index in [-0.39, 0.29) is 24.2 Å². The lowest BCUT2D eigenvalue weighted by atomic mass is 9.80. The summed E-state index contributed by atoms with van der Waals surface area (Å²) in [6, 6.07) is 19.5. The first-order valence-electron chi connectivity index (χ1n) is 12.2. The van der Waals surface area contributed by atoms with E-state index >= 15 is 0 Å². The summed E-state index contributed by atoms with van der Waals surface area (Å²) in [4.78, 5) is 16.5. The van der Waals surface area contributed by atoms with Gasteiger partial charge in [-0.15, -0.1) is 0 Å². The smallest absolute Gasteiger partial charge is 0.449 e. The van der Waals surface area contributed by atoms with Crippen LogP contribution >= 0.6 is 0 Å². The average Bonchev–Trinajstić information content (AvgIpc) is 3.17. The van der Waals surface area contributed by atoms with Gasteiger partial charge in [0.2, 0.25) is 0 Å². The third kappa shape index (κ3) is 4.74. The molecule has 1 amide bonds. The third-order valence-electron chi connectivity index (χ3n) is 7.18. The van der Waals surface area contributed by atoms with Crippen molar-refractivity contribution in [1.82, 2.24) is 4.90 Å². The normalized spacial score (nSPS) is 15.6. The highest BCUT2D eigenvalue weighted by Gasteiger charge is 2.31. The van der Waals surface area contributed by atoms with Crippen LogP contribution in [0.5, 0.6) is 0 Å². The number of hydrogen-bond acceptors (Lipinski definition) is 4. The van der Waals surface area contributed by atoms with Gasteiger partial charge in [-0.05, 0) is 46.9 Å². The van der Waals surface area contributed by atoms with Crippen LogP contribution in [0.3, 0.4) is 0 Å². The monoisotopic (exact) mass is 494 g/mol. The SMILES string of the molecule is Cc1c(C[B-](F)(F)F)cc(N)cc1N1CCN(C(=O)OCC2c3ccccc3-c3ccccc32)CC1. The quantitative estimate of drug-likeness (QED) is 0.372. The number of nitrogens with zero attached hydrogens (tertiary/aromatic N) is 2. The Morgan fingerprint density at radius 3 is 2.14 bits per heavy atom. The van der Waals surface area contributed by atoms with E-state index < -0.39 is 13.3 Å². The Kier molecular flexibility index (Phi) is 6.32. The van der Waals surface area contributed by atoms with Crippen LogP contribution in [0.15, 0.2) is 60.7 Å². The van der Waals surface area contributed by atoms with E-state index in [1.165, 1.54) is 17.2 Å². The Morgan fingerprint density at radius 1 is 0.972 bits per heavy atom. The van der Waals surface area contributed by atoms with E-state index in [1.54, 1.807) is 17.9 Å². The van der Waals surface area contributed by atoms with Gasteiger partial charge in [0.05, 0.1) is 0 Å². The number of amides is 1. The number of carbonyl (C=O) groups is 1. The van der Waals surface area contributed by atoms with Crippen LogP contribution in [-0.2, 0) is 11.1 Å². The minimum Gasteiger partial charge on any atom is -0.449 e. The molecule has 1 heterocycles. The number of anilines is 2. The highest BCUT2D eigenvalue weighted by atomic mass is 19.4. The predicted octanol–water partition coefficient (Wildman–Crippen LogP) is 5.58. The Balaban J connectivity index is 1.23. The number of piperazine rings is 1. The Labute approximate surface area is 208 Å². The molecule has 0 radical (unpaired) electrons. The van der Waals surface area contributed by atoms with Crippen molar-refractivity contribution in [3.05, 3.63) is 82.9 Å². The summed E-state index contributed by atoms with van der Waals surface area (Å²) in [6.07, 6.45) is -1.33. The number of halogens is 3. The molecular formula is C27H28BF3N3O2-. The van der Waals surface area contributed by atoms with E-state index in [0.29, 0.717) is 43.1 Å². The van der Waals surface area contributed by atoms with Crippen LogP contribution in [0.1, 0.15) is 28.2 Å². The number of fused-ring (bicyclic) bond motifs is 3. The van der Waals surface area contributed by atoms with Gasteiger partial charge >= 0.3 is 13.1 Å². The van der Waals surface area contributed by atoms with Gasteiger partial charge in [-0.25, -0.2) is 4.79 Å². The molecule has 0 spiro atoms. The van der Waals surface area contributed by atoms with Crippen molar-refractivity contribution < 1.29 is 22.5 Å². The molecule has 5 nitrogen and oxygen atoms in total. The second-order valence-electron chi connectivity index (χ2n) is 9.52. The summed E-state index contributed by atoms with van der Waals surface area (Å²) in [5, 5.41) is 0. The standard InChI is InChI=1S/C27H28BF3N3O2/c1-18-19(16-28(29,30)31)14-20(32)15-26(18)33-10-12-34(13-11-33)27(35)36-17-25-23-8-4-2-6-21(23)22-7-3-5-9-24(22)25/h2-9,14-15,25H,10-13,16-17,32H2,1H3/q-1. The number of ether oxygens (including phenoxy) is 1. The highest BCUT2D eigenvalue weighted by Crippen LogP contribution is 2.44. The minimum absolute atomic E-state index is 0.00812. The first-order chi connectivity index (χ1) is 17.2. The van der Waals surface area contributed by atoms with Gasteiger partial charge in [0, 0.05) is 43.5 Å². The number of nitrogens with two attached hydrogens (primary N) is 1. The molecule has 0 saturated carbocycles. The van der Waals surface area contributed by atoms with Crippen LogP contribution in [0.25, 0.3) is 11.1 Å². The van der Waals surface area contributed by atoms with Crippen LogP contribution in [0, 0.1) is 6.92 Å². The number of nitrogen functional groups attached to an aromatic ring is 1. The van der Waals surface area contributed by atoms with Gasteiger partial charge in [-0.2, -0.15) is 0 Å². The lowest BCUT2D eigenvalue weighted by Gasteiger charge is -2.37. The van der Waals surface area contributed by atoms with Crippen molar-refractivity contribution in [2.45, 2.75) is 19.2 Å². The molecule has 36 heavy (non-hydrogen) atoms. The van der Waals surface area contributed by atoms with Crippen LogP contribution < -0.4 is 10.6 Å². The fourth-order valence-electron chi connectivity index (χ4n) is 5.39. The summed E-state index contributed by atoms with van der Waals surface area (Å²) in [7, 11) is 0. The van der Waals surface area contributed by atoms with Crippen LogP contribution in [-0.4, -0.2) is 50.8 Å². The number of rotatable bonds is 5. The molecular weight excluding hydrogens is 466 g/mol. The van der Waals surface area contributed by atoms with Gasteiger partial charge in [-0.1, -0.05) is 60.4 Å². The second-order valence-corrected chi connectivity index (χ2v) is 9.52. The molecule has 1 saturated heterocycles. The van der Waals surface area contributed by atoms with E-state index in [9.17, 15) is 17.7 Å². The van der Waals surface area contributed by atoms with E-state index in [1.807, 2.05) is 29.2 Å². The Hall–Kier alpha value is -3.62. The maximum absolute atomic E-state index is 13.1. The molecule has 0 atom stereocenters. The summed E-state index contributed by atoms with van der Waals surface area (Å²) >= 11 is 0. The van der Waals surface area contributed by atoms with Crippen molar-refractivity contribution in [2.24, 2.45) is 0 Å². The van der Waals surface area contributed by atoms with E-state index in [2.05, 4.69) is 24.3 Å². The molecule has 9 heteroatoms. The molecule has 3 aromatic carbocycles. The first kappa shape index (κ1) is 24.1. The fraction of sp³-hybridized carbons (Fsp3) is 0.296. The molecule has 1 fully saturated rings. The number of carbonyl (C=O) groups excluding carboxylic acids is 1. The Bertz CT molecular complexity index is 1240. The zero-order valence-electron chi connectivity index (χ0n) is 20.1. The van der Waals surface area contributed by atoms with Crippen molar-refractivity contribution in [3.8, 4) is 11.1 Å². The number of hydrogen-bond donors (Lipinski definition) is 1. The zero-order valence-corrected chi connectivity index (χ0v) is 20.1. The first-order valence-corrected chi connectivity index (χ1v) is 12.2. The zero-order chi connectivity index (χ0) is 25.4. The van der Waals surface area contributed by atoms with Gasteiger partial charge in [-0.3, -0.25) is 0 Å². The van der Waals surface area contributed by atoms with Crippen molar-refractivity contribution in [2.75, 3.05) is 43.4 Å². The molecule has 0 aromatic heterocycles. The molecule has 2 N–H and O–H groups in total. The molecule has 1 aliphatic carbocycles. The van der Waals surface area contributed by atoms with Crippen molar-refractivity contribution >= 4 is 24.4 Å². The molecule has 188 valence electrons.